The van der Waals surface area contributed by atoms with Crippen molar-refractivity contribution in [3.8, 4) is 0 Å². The minimum atomic E-state index is -0.314. The number of carbonyl (C=O) groups is 1. The molecule has 1 aromatic carbocycles. The number of piperidine rings is 1. The summed E-state index contributed by atoms with van der Waals surface area (Å²) in [5.41, 5.74) is 8.12. The third kappa shape index (κ3) is 4.71. The molecule has 1 fully saturated rings. The van der Waals surface area contributed by atoms with Gasteiger partial charge in [-0.1, -0.05) is 6.07 Å². The van der Waals surface area contributed by atoms with E-state index >= 15 is 0 Å². The molecule has 0 radical (unpaired) electrons. The van der Waals surface area contributed by atoms with Gasteiger partial charge in [-0.25, -0.2) is 4.39 Å². The fourth-order valence-electron chi connectivity index (χ4n) is 3.39. The van der Waals surface area contributed by atoms with Gasteiger partial charge in [0.05, 0.1) is 6.17 Å². The largest absolute Gasteiger partial charge is 0.316 e. The molecule has 132 valence electrons. The Kier molecular flexibility index (Phi) is 5.89. The Labute approximate surface area is 147 Å². The average Bonchev–Trinajstić information content (AvgIpc) is 2.67. The lowest BCUT2D eigenvalue weighted by Crippen LogP contribution is -2.47. The van der Waals surface area contributed by atoms with Gasteiger partial charge in [-0.15, -0.1) is 0 Å². The predicted molar refractivity (Wildman–Crippen MR) is 95.6 cm³/mol. The van der Waals surface area contributed by atoms with Crippen molar-refractivity contribution in [2.45, 2.75) is 31.8 Å². The Morgan fingerprint density at radius 3 is 2.60 bits per heavy atom. The lowest BCUT2D eigenvalue weighted by Gasteiger charge is -2.35. The van der Waals surface area contributed by atoms with Crippen molar-refractivity contribution >= 4 is 5.78 Å². The zero-order valence-electron chi connectivity index (χ0n) is 14.3. The number of aromatic nitrogens is 1. The number of nitrogens with zero attached hydrogens (tertiary/aromatic N) is 2. The number of hydrogen-bond acceptors (Lipinski definition) is 4. The van der Waals surface area contributed by atoms with E-state index in [4.69, 9.17) is 5.73 Å². The molecule has 0 saturated carbocycles. The Morgan fingerprint density at radius 1 is 1.24 bits per heavy atom. The second-order valence-electron chi connectivity index (χ2n) is 6.65. The van der Waals surface area contributed by atoms with Gasteiger partial charge in [0.2, 0.25) is 0 Å². The zero-order chi connectivity index (χ0) is 17.6. The summed E-state index contributed by atoms with van der Waals surface area (Å²) in [6.07, 6.45) is 7.04. The predicted octanol–water partition coefficient (Wildman–Crippen LogP) is 3.03. The number of pyridine rings is 1. The van der Waals surface area contributed by atoms with Crippen LogP contribution >= 0.6 is 0 Å². The smallest absolute Gasteiger partial charge is 0.166 e. The molecule has 2 N–H and O–H groups in total. The first-order chi connectivity index (χ1) is 12.1. The van der Waals surface area contributed by atoms with Gasteiger partial charge < -0.3 is 5.73 Å². The summed E-state index contributed by atoms with van der Waals surface area (Å²) in [6, 6.07) is 9.83. The van der Waals surface area contributed by atoms with Crippen molar-refractivity contribution in [2.75, 3.05) is 13.1 Å². The van der Waals surface area contributed by atoms with Crippen LogP contribution in [0.5, 0.6) is 0 Å². The van der Waals surface area contributed by atoms with E-state index in [0.29, 0.717) is 5.56 Å². The average molecular weight is 341 g/mol. The van der Waals surface area contributed by atoms with Crippen LogP contribution < -0.4 is 5.73 Å². The first kappa shape index (κ1) is 17.7. The van der Waals surface area contributed by atoms with Crippen molar-refractivity contribution in [1.82, 2.24) is 9.88 Å². The fraction of sp³-hybridized carbons (Fsp3) is 0.400. The van der Waals surface area contributed by atoms with Gasteiger partial charge in [0.1, 0.15) is 5.82 Å². The first-order valence-corrected chi connectivity index (χ1v) is 8.82. The molecule has 1 aromatic heterocycles. The van der Waals surface area contributed by atoms with Crippen LogP contribution in [0.2, 0.25) is 0 Å². The van der Waals surface area contributed by atoms with Crippen LogP contribution in [-0.2, 0) is 6.42 Å². The standard InChI is InChI=1S/C20H24FN3O/c21-18-6-4-16(5-7-18)20(25)17-9-12-24(13-10-17)19(22)8-3-15-2-1-11-23-14-15/h1-2,4-7,11,14,17,19H,3,8-10,12-13,22H2/t19-/m1/s1. The summed E-state index contributed by atoms with van der Waals surface area (Å²) in [4.78, 5) is 18.9. The van der Waals surface area contributed by atoms with Gasteiger partial charge in [0.25, 0.3) is 0 Å². The Balaban J connectivity index is 1.47. The maximum absolute atomic E-state index is 13.0. The van der Waals surface area contributed by atoms with E-state index in [9.17, 15) is 9.18 Å². The molecule has 2 heterocycles. The second-order valence-corrected chi connectivity index (χ2v) is 6.65. The highest BCUT2D eigenvalue weighted by Gasteiger charge is 2.27. The molecule has 1 atom stereocenters. The minimum Gasteiger partial charge on any atom is -0.316 e. The molecule has 5 heteroatoms. The molecule has 2 aromatic rings. The number of halogens is 1. The highest BCUT2D eigenvalue weighted by molar-refractivity contribution is 5.97. The van der Waals surface area contributed by atoms with E-state index in [2.05, 4.69) is 16.0 Å². The van der Waals surface area contributed by atoms with Crippen molar-refractivity contribution in [3.05, 3.63) is 65.7 Å². The molecule has 25 heavy (non-hydrogen) atoms. The van der Waals surface area contributed by atoms with Crippen molar-refractivity contribution in [3.63, 3.8) is 0 Å². The van der Waals surface area contributed by atoms with Crippen LogP contribution in [0.25, 0.3) is 0 Å². The van der Waals surface area contributed by atoms with Crippen LogP contribution in [0.15, 0.2) is 48.8 Å². The van der Waals surface area contributed by atoms with E-state index in [0.717, 1.165) is 38.8 Å². The van der Waals surface area contributed by atoms with Gasteiger partial charge in [-0.3, -0.25) is 14.7 Å². The van der Waals surface area contributed by atoms with E-state index in [1.807, 2.05) is 12.3 Å². The summed E-state index contributed by atoms with van der Waals surface area (Å²) >= 11 is 0. The highest BCUT2D eigenvalue weighted by Crippen LogP contribution is 2.23. The van der Waals surface area contributed by atoms with Crippen LogP contribution in [-0.4, -0.2) is 34.9 Å². The summed E-state index contributed by atoms with van der Waals surface area (Å²) in [6.45, 7) is 1.65. The number of rotatable bonds is 6. The van der Waals surface area contributed by atoms with Gasteiger partial charge >= 0.3 is 0 Å². The third-order valence-electron chi connectivity index (χ3n) is 4.95. The molecule has 1 aliphatic heterocycles. The van der Waals surface area contributed by atoms with Crippen molar-refractivity contribution in [1.29, 1.82) is 0 Å². The number of ketones is 1. The second kappa shape index (κ2) is 8.32. The number of carbonyl (C=O) groups excluding carboxylic acids is 1. The Bertz CT molecular complexity index is 682. The first-order valence-electron chi connectivity index (χ1n) is 8.82. The lowest BCUT2D eigenvalue weighted by atomic mass is 9.88. The van der Waals surface area contributed by atoms with Crippen LogP contribution in [0.4, 0.5) is 4.39 Å². The number of benzene rings is 1. The zero-order valence-corrected chi connectivity index (χ0v) is 14.3. The summed E-state index contributed by atoms with van der Waals surface area (Å²) in [7, 11) is 0. The molecule has 0 spiro atoms. The van der Waals surface area contributed by atoms with Crippen LogP contribution in [0.1, 0.15) is 35.2 Å². The summed E-state index contributed by atoms with van der Waals surface area (Å²) in [5, 5.41) is 0. The Morgan fingerprint density at radius 2 is 1.96 bits per heavy atom. The molecule has 0 unspecified atom stereocenters. The number of Topliss-reactive ketones (excluding diaryl/α,β-unsaturated/α-hetero) is 1. The molecule has 1 aliphatic rings. The maximum atomic E-state index is 13.0. The highest BCUT2D eigenvalue weighted by atomic mass is 19.1. The van der Waals surface area contributed by atoms with Crippen LogP contribution in [0, 0.1) is 11.7 Å². The number of nitrogens with two attached hydrogens (primary N) is 1. The lowest BCUT2D eigenvalue weighted by molar-refractivity contribution is 0.0787. The van der Waals surface area contributed by atoms with Crippen molar-refractivity contribution in [2.24, 2.45) is 11.7 Å². The van der Waals surface area contributed by atoms with Gasteiger partial charge in [0, 0.05) is 37.0 Å². The molecule has 0 bridgehead atoms. The number of aryl methyl sites for hydroxylation is 1. The molecule has 3 rings (SSSR count). The molecular formula is C20H24FN3O. The molecule has 0 aliphatic carbocycles. The number of likely N-dealkylation sites (tertiary alicyclic amines) is 1. The quantitative estimate of drug-likeness (QED) is 0.821. The SMILES string of the molecule is N[C@@H](CCc1cccnc1)N1CCC(C(=O)c2ccc(F)cc2)CC1. The van der Waals surface area contributed by atoms with E-state index in [1.165, 1.54) is 17.7 Å². The van der Waals surface area contributed by atoms with Crippen molar-refractivity contribution < 1.29 is 9.18 Å². The molecular weight excluding hydrogens is 317 g/mol. The molecule has 4 nitrogen and oxygen atoms in total. The van der Waals surface area contributed by atoms with Crippen LogP contribution in [0.3, 0.4) is 0 Å². The third-order valence-corrected chi connectivity index (χ3v) is 4.95. The minimum absolute atomic E-state index is 0.00193. The van der Waals surface area contributed by atoms with Gasteiger partial charge in [-0.2, -0.15) is 0 Å². The van der Waals surface area contributed by atoms with Gasteiger partial charge in [0.15, 0.2) is 5.78 Å². The maximum Gasteiger partial charge on any atom is 0.166 e. The monoisotopic (exact) mass is 341 g/mol. The summed E-state index contributed by atoms with van der Waals surface area (Å²) < 4.78 is 13.0. The fourth-order valence-corrected chi connectivity index (χ4v) is 3.39. The molecule has 1 saturated heterocycles. The molecule has 0 amide bonds. The van der Waals surface area contributed by atoms with E-state index in [-0.39, 0.29) is 23.7 Å². The summed E-state index contributed by atoms with van der Waals surface area (Å²) in [5.74, 6) is -0.193. The van der Waals surface area contributed by atoms with Gasteiger partial charge in [-0.05, 0) is 61.6 Å². The topological polar surface area (TPSA) is 59.2 Å². The normalized spacial score (nSPS) is 17.4. The van der Waals surface area contributed by atoms with E-state index in [1.54, 1.807) is 18.3 Å². The Hall–Kier alpha value is -2.11. The van der Waals surface area contributed by atoms with E-state index < -0.39 is 0 Å². The number of hydrogen-bond donors (Lipinski definition) is 1.